The van der Waals surface area contributed by atoms with Crippen molar-refractivity contribution in [1.29, 1.82) is 0 Å². The van der Waals surface area contributed by atoms with E-state index in [1.807, 2.05) is 80.6 Å². The highest BCUT2D eigenvalue weighted by molar-refractivity contribution is 5.96. The smallest absolute Gasteiger partial charge is 0.322 e. The topological polar surface area (TPSA) is 305 Å². The van der Waals surface area contributed by atoms with Crippen LogP contribution in [0, 0.1) is 0 Å². The lowest BCUT2D eigenvalue weighted by molar-refractivity contribution is -0.138. The second-order valence-electron chi connectivity index (χ2n) is 16.5. The van der Waals surface area contributed by atoms with Gasteiger partial charge in [0.2, 0.25) is 29.5 Å². The Morgan fingerprint density at radius 3 is 1.76 bits per heavy atom. The van der Waals surface area contributed by atoms with Crippen LogP contribution in [0.25, 0.3) is 10.8 Å². The van der Waals surface area contributed by atoms with Gasteiger partial charge < -0.3 is 59.3 Å². The number of guanidine groups is 1. The van der Waals surface area contributed by atoms with Crippen LogP contribution in [0.1, 0.15) is 62.6 Å². The Bertz CT molecular complexity index is 2250. The van der Waals surface area contributed by atoms with Gasteiger partial charge >= 0.3 is 5.97 Å². The molecule has 354 valence electrons. The number of carbonyl (C=O) groups is 6. The van der Waals surface area contributed by atoms with Crippen LogP contribution in [-0.4, -0.2) is 108 Å². The number of benzene rings is 4. The number of carboxylic acid groups (broad SMARTS) is 1. The fourth-order valence-corrected chi connectivity index (χ4v) is 7.14. The number of aliphatic carboxylic acids is 1. The summed E-state index contributed by atoms with van der Waals surface area (Å²) in [6.07, 6.45) is 1.67. The lowest BCUT2D eigenvalue weighted by Gasteiger charge is -2.27. The summed E-state index contributed by atoms with van der Waals surface area (Å²) < 4.78 is 0. The van der Waals surface area contributed by atoms with Crippen LogP contribution in [-0.2, 0) is 48.0 Å². The van der Waals surface area contributed by atoms with Gasteiger partial charge in [-0.1, -0.05) is 98.8 Å². The third-order valence-electron chi connectivity index (χ3n) is 10.6. The highest BCUT2D eigenvalue weighted by atomic mass is 16.4. The van der Waals surface area contributed by atoms with Gasteiger partial charge in [0, 0.05) is 25.4 Å². The van der Waals surface area contributed by atoms with Crippen LogP contribution in [0.2, 0.25) is 0 Å². The van der Waals surface area contributed by atoms with Crippen LogP contribution in [0.5, 0.6) is 5.75 Å². The number of carboxylic acids is 1. The van der Waals surface area contributed by atoms with E-state index in [1.54, 1.807) is 18.2 Å². The minimum absolute atomic E-state index is 0.00556. The minimum atomic E-state index is -1.28. The lowest BCUT2D eigenvalue weighted by Crippen LogP contribution is -2.59. The highest BCUT2D eigenvalue weighted by Gasteiger charge is 2.32. The molecule has 0 saturated carbocycles. The Hall–Kier alpha value is -7.05. The maximum Gasteiger partial charge on any atom is 0.322 e. The van der Waals surface area contributed by atoms with Gasteiger partial charge in [-0.3, -0.25) is 33.8 Å². The number of nitrogens with two attached hydrogens (primary N) is 3. The van der Waals surface area contributed by atoms with E-state index in [-0.39, 0.29) is 62.8 Å². The molecule has 14 N–H and O–H groups in total. The number of phenols is 1. The monoisotopic (exact) mass is 908 g/mol. The molecule has 0 fully saturated rings. The van der Waals surface area contributed by atoms with E-state index >= 15 is 0 Å². The second-order valence-corrected chi connectivity index (χ2v) is 16.5. The van der Waals surface area contributed by atoms with Crippen molar-refractivity contribution in [3.05, 3.63) is 114 Å². The Labute approximate surface area is 384 Å². The molecule has 0 heterocycles. The maximum absolute atomic E-state index is 14.4. The summed E-state index contributed by atoms with van der Waals surface area (Å²) in [4.78, 5) is 85.3. The molecule has 4 aromatic rings. The molecule has 0 saturated heterocycles. The Kier molecular flexibility index (Phi) is 20.8. The fourth-order valence-electron chi connectivity index (χ4n) is 7.14. The molecule has 18 nitrogen and oxygen atoms in total. The van der Waals surface area contributed by atoms with Crippen molar-refractivity contribution in [2.24, 2.45) is 22.2 Å². The molecule has 0 unspecified atom stereocenters. The predicted octanol–water partition coefficient (Wildman–Crippen LogP) is 1.26. The van der Waals surface area contributed by atoms with Crippen LogP contribution in [0.15, 0.2) is 102 Å². The van der Waals surface area contributed by atoms with Gasteiger partial charge in [-0.15, -0.1) is 0 Å². The van der Waals surface area contributed by atoms with Crippen molar-refractivity contribution in [3.8, 4) is 5.75 Å². The summed E-state index contributed by atoms with van der Waals surface area (Å²) in [7, 11) is 0. The summed E-state index contributed by atoms with van der Waals surface area (Å²) in [5.41, 5.74) is 19.5. The number of phenolic OH excluding ortho intramolecular Hbond substituents is 1. The normalized spacial score (nSPS) is 13.3. The van der Waals surface area contributed by atoms with Gasteiger partial charge in [0.05, 0.1) is 6.04 Å². The molecule has 4 rings (SSSR count). The number of rotatable bonds is 27. The second kappa shape index (κ2) is 26.7. The molecule has 0 aliphatic carbocycles. The third kappa shape index (κ3) is 18.2. The van der Waals surface area contributed by atoms with Crippen LogP contribution >= 0.6 is 0 Å². The Morgan fingerprint density at radius 1 is 0.591 bits per heavy atom. The summed E-state index contributed by atoms with van der Waals surface area (Å²) >= 11 is 0. The summed E-state index contributed by atoms with van der Waals surface area (Å²) in [5, 5.41) is 37.8. The molecule has 66 heavy (non-hydrogen) atoms. The SMILES string of the molecule is CC(C)NCCCC[C@H](NC(=O)[C@H](Cc1ccc(O)cc1)NC(=O)[C@@H](N)Cc1ccccc1)C(=O)N[C@H](CCCN=C(N)N)C(=O)N[C@@H](Cc1ccc2ccccc2c1)C(=O)NCC(=O)O. The molecule has 5 amide bonds. The minimum Gasteiger partial charge on any atom is -0.508 e. The van der Waals surface area contributed by atoms with E-state index in [9.17, 15) is 39.0 Å². The number of aromatic hydroxyl groups is 1. The van der Waals surface area contributed by atoms with Crippen molar-refractivity contribution < 1.29 is 39.0 Å². The van der Waals surface area contributed by atoms with E-state index < -0.39 is 72.3 Å². The zero-order valence-corrected chi connectivity index (χ0v) is 37.5. The van der Waals surface area contributed by atoms with E-state index in [4.69, 9.17) is 17.2 Å². The van der Waals surface area contributed by atoms with E-state index in [0.717, 1.165) is 16.3 Å². The molecule has 0 aliphatic rings. The molecule has 0 aromatic heterocycles. The van der Waals surface area contributed by atoms with Crippen molar-refractivity contribution in [1.82, 2.24) is 31.9 Å². The van der Waals surface area contributed by atoms with E-state index in [2.05, 4.69) is 36.9 Å². The summed E-state index contributed by atoms with van der Waals surface area (Å²) in [6, 6.07) is 22.7. The van der Waals surface area contributed by atoms with Gasteiger partial charge in [0.15, 0.2) is 5.96 Å². The van der Waals surface area contributed by atoms with Crippen molar-refractivity contribution >= 4 is 52.2 Å². The molecular weight excluding hydrogens is 845 g/mol. The van der Waals surface area contributed by atoms with Gasteiger partial charge in [0.1, 0.15) is 36.5 Å². The fraction of sp³-hybridized carbons (Fsp3) is 0.396. The predicted molar refractivity (Wildman–Crippen MR) is 253 cm³/mol. The zero-order valence-electron chi connectivity index (χ0n) is 37.5. The first-order chi connectivity index (χ1) is 31.6. The quantitative estimate of drug-likeness (QED) is 0.0229. The molecule has 0 spiro atoms. The molecular formula is C48H64N10O8. The molecule has 4 aromatic carbocycles. The average Bonchev–Trinajstić information content (AvgIpc) is 3.28. The van der Waals surface area contributed by atoms with Gasteiger partial charge in [-0.05, 0) is 84.7 Å². The van der Waals surface area contributed by atoms with Crippen molar-refractivity contribution in [2.45, 2.75) is 101 Å². The number of nitrogens with zero attached hydrogens (tertiary/aromatic N) is 1. The number of carbonyl (C=O) groups excluding carboxylic acids is 5. The number of amides is 5. The number of nitrogens with one attached hydrogen (secondary N) is 6. The number of fused-ring (bicyclic) bond motifs is 1. The third-order valence-corrected chi connectivity index (χ3v) is 10.6. The Balaban J connectivity index is 1.61. The Morgan fingerprint density at radius 2 is 1.12 bits per heavy atom. The lowest BCUT2D eigenvalue weighted by atomic mass is 10.00. The summed E-state index contributed by atoms with van der Waals surface area (Å²) in [5.74, 6) is -4.94. The number of hydrogen-bond acceptors (Lipinski definition) is 10. The van der Waals surface area contributed by atoms with Crippen molar-refractivity contribution in [2.75, 3.05) is 19.6 Å². The molecule has 18 heteroatoms. The first kappa shape index (κ1) is 51.6. The van der Waals surface area contributed by atoms with E-state index in [1.165, 1.54) is 12.1 Å². The van der Waals surface area contributed by atoms with E-state index in [0.29, 0.717) is 30.5 Å². The standard InChI is InChI=1S/C48H64N10O8/c1-30(2)52-23-9-8-15-38(56-47(66)41(27-32-18-21-36(59)22-19-32)57-43(62)37(49)26-31-11-4-3-5-12-31)45(64)55-39(16-10-24-53-48(50)51)46(65)58-40(44(63)54-29-42(60)61)28-33-17-20-34-13-6-7-14-35(34)25-33/h3-7,11-14,17-22,25,30,37-41,52,59H,8-10,15-16,23-24,26-29,49H2,1-2H3,(H,54,63)(H,55,64)(H,56,66)(H,57,62)(H,58,65)(H,60,61)(H4,50,51,53)/t37-,38-,39+,40-,41-/m0/s1. The van der Waals surface area contributed by atoms with Crippen LogP contribution in [0.3, 0.4) is 0 Å². The molecule has 0 radical (unpaired) electrons. The molecule has 0 aliphatic heterocycles. The zero-order chi connectivity index (χ0) is 48.0. The van der Waals surface area contributed by atoms with Crippen molar-refractivity contribution in [3.63, 3.8) is 0 Å². The summed E-state index contributed by atoms with van der Waals surface area (Å²) in [6.45, 7) is 4.06. The molecule has 0 bridgehead atoms. The van der Waals surface area contributed by atoms with Crippen LogP contribution < -0.4 is 49.1 Å². The molecule has 5 atom stereocenters. The maximum atomic E-state index is 14.4. The number of aliphatic imine (C=N–C) groups is 1. The first-order valence-electron chi connectivity index (χ1n) is 22.1. The largest absolute Gasteiger partial charge is 0.508 e. The van der Waals surface area contributed by atoms with Gasteiger partial charge in [0.25, 0.3) is 0 Å². The highest BCUT2D eigenvalue weighted by Crippen LogP contribution is 2.18. The number of unbranched alkanes of at least 4 members (excludes halogenated alkanes) is 1. The van der Waals surface area contributed by atoms with Gasteiger partial charge in [-0.25, -0.2) is 0 Å². The number of hydrogen-bond donors (Lipinski definition) is 11. The van der Waals surface area contributed by atoms with Gasteiger partial charge in [-0.2, -0.15) is 0 Å². The first-order valence-corrected chi connectivity index (χ1v) is 22.1. The van der Waals surface area contributed by atoms with Crippen LogP contribution in [0.4, 0.5) is 0 Å². The average molecular weight is 909 g/mol.